The zero-order valence-corrected chi connectivity index (χ0v) is 9.97. The lowest BCUT2D eigenvalue weighted by atomic mass is 10.2. The standard InChI is InChI=1S/C12H13ClFN3/c13-11-7-10(14)2-1-9(11)8-15-4-3-12-16-5-6-17-12/h1-2,5-7,15H,3-4,8H2,(H,16,17). The van der Waals surface area contributed by atoms with E-state index in [1.54, 1.807) is 18.5 Å². The van der Waals surface area contributed by atoms with E-state index in [2.05, 4.69) is 15.3 Å². The molecular weight excluding hydrogens is 241 g/mol. The van der Waals surface area contributed by atoms with Crippen LogP contribution in [0, 0.1) is 5.82 Å². The van der Waals surface area contributed by atoms with Crippen molar-refractivity contribution in [2.24, 2.45) is 0 Å². The van der Waals surface area contributed by atoms with Crippen LogP contribution in [-0.4, -0.2) is 16.5 Å². The van der Waals surface area contributed by atoms with Crippen LogP contribution in [0.4, 0.5) is 4.39 Å². The minimum absolute atomic E-state index is 0.311. The molecule has 90 valence electrons. The van der Waals surface area contributed by atoms with Gasteiger partial charge in [0.1, 0.15) is 11.6 Å². The van der Waals surface area contributed by atoms with Crippen LogP contribution in [0.15, 0.2) is 30.6 Å². The first-order valence-corrected chi connectivity index (χ1v) is 5.76. The highest BCUT2D eigenvalue weighted by Gasteiger charge is 2.01. The van der Waals surface area contributed by atoms with E-state index in [4.69, 9.17) is 11.6 Å². The predicted molar refractivity (Wildman–Crippen MR) is 65.4 cm³/mol. The molecule has 0 saturated carbocycles. The van der Waals surface area contributed by atoms with E-state index < -0.39 is 0 Å². The molecule has 1 aromatic carbocycles. The molecule has 0 aliphatic rings. The fourth-order valence-corrected chi connectivity index (χ4v) is 1.76. The average molecular weight is 254 g/mol. The lowest BCUT2D eigenvalue weighted by molar-refractivity contribution is 0.624. The Bertz CT molecular complexity index is 471. The minimum atomic E-state index is -0.311. The molecule has 2 aromatic rings. The summed E-state index contributed by atoms with van der Waals surface area (Å²) in [5, 5.41) is 3.69. The second-order valence-electron chi connectivity index (χ2n) is 3.70. The van der Waals surface area contributed by atoms with Gasteiger partial charge in [0.05, 0.1) is 0 Å². The summed E-state index contributed by atoms with van der Waals surface area (Å²) in [4.78, 5) is 7.15. The molecule has 5 heteroatoms. The highest BCUT2D eigenvalue weighted by molar-refractivity contribution is 6.31. The summed E-state index contributed by atoms with van der Waals surface area (Å²) in [6.45, 7) is 1.42. The molecule has 0 amide bonds. The van der Waals surface area contributed by atoms with Crippen molar-refractivity contribution in [1.82, 2.24) is 15.3 Å². The van der Waals surface area contributed by atoms with Crippen LogP contribution in [0.1, 0.15) is 11.4 Å². The number of nitrogens with one attached hydrogen (secondary N) is 2. The summed E-state index contributed by atoms with van der Waals surface area (Å²) in [5.74, 6) is 0.636. The van der Waals surface area contributed by atoms with Crippen molar-refractivity contribution in [2.75, 3.05) is 6.54 Å². The van der Waals surface area contributed by atoms with Crippen LogP contribution < -0.4 is 5.32 Å². The number of imidazole rings is 1. The number of nitrogens with zero attached hydrogens (tertiary/aromatic N) is 1. The number of aromatic nitrogens is 2. The third-order valence-electron chi connectivity index (χ3n) is 2.42. The average Bonchev–Trinajstić information content (AvgIpc) is 2.79. The molecule has 17 heavy (non-hydrogen) atoms. The number of rotatable bonds is 5. The van der Waals surface area contributed by atoms with E-state index in [9.17, 15) is 4.39 Å². The van der Waals surface area contributed by atoms with Crippen LogP contribution >= 0.6 is 11.6 Å². The van der Waals surface area contributed by atoms with Gasteiger partial charge in [0.2, 0.25) is 0 Å². The Labute approximate surface area is 104 Å². The number of halogens is 2. The van der Waals surface area contributed by atoms with E-state index in [0.717, 1.165) is 24.4 Å². The molecule has 2 N–H and O–H groups in total. The summed E-state index contributed by atoms with van der Waals surface area (Å²) < 4.78 is 12.8. The van der Waals surface area contributed by atoms with Gasteiger partial charge in [-0.2, -0.15) is 0 Å². The normalized spacial score (nSPS) is 10.7. The molecule has 0 aliphatic heterocycles. The molecule has 0 aliphatic carbocycles. The Hall–Kier alpha value is -1.39. The van der Waals surface area contributed by atoms with Crippen molar-refractivity contribution in [2.45, 2.75) is 13.0 Å². The highest BCUT2D eigenvalue weighted by atomic mass is 35.5. The molecule has 0 atom stereocenters. The smallest absolute Gasteiger partial charge is 0.124 e. The monoisotopic (exact) mass is 253 g/mol. The van der Waals surface area contributed by atoms with Gasteiger partial charge in [-0.15, -0.1) is 0 Å². The maximum absolute atomic E-state index is 12.8. The molecule has 0 saturated heterocycles. The van der Waals surface area contributed by atoms with E-state index in [-0.39, 0.29) is 5.82 Å². The predicted octanol–water partition coefficient (Wildman–Crippen LogP) is 2.53. The lowest BCUT2D eigenvalue weighted by Crippen LogP contribution is -2.17. The van der Waals surface area contributed by atoms with Crippen LogP contribution in [0.25, 0.3) is 0 Å². The largest absolute Gasteiger partial charge is 0.349 e. The van der Waals surface area contributed by atoms with Crippen molar-refractivity contribution in [1.29, 1.82) is 0 Å². The molecule has 0 fully saturated rings. The van der Waals surface area contributed by atoms with Gasteiger partial charge in [0, 0.05) is 36.9 Å². The molecule has 1 aromatic heterocycles. The topological polar surface area (TPSA) is 40.7 Å². The van der Waals surface area contributed by atoms with Gasteiger partial charge >= 0.3 is 0 Å². The van der Waals surface area contributed by atoms with Gasteiger partial charge in [-0.1, -0.05) is 17.7 Å². The molecule has 0 spiro atoms. The number of hydrogen-bond donors (Lipinski definition) is 2. The first-order valence-electron chi connectivity index (χ1n) is 5.38. The fourth-order valence-electron chi connectivity index (χ4n) is 1.53. The third-order valence-corrected chi connectivity index (χ3v) is 2.78. The Morgan fingerprint density at radius 2 is 2.29 bits per heavy atom. The molecule has 2 rings (SSSR count). The number of hydrogen-bond acceptors (Lipinski definition) is 2. The van der Waals surface area contributed by atoms with Crippen molar-refractivity contribution in [3.8, 4) is 0 Å². The zero-order valence-electron chi connectivity index (χ0n) is 9.21. The maximum atomic E-state index is 12.8. The van der Waals surface area contributed by atoms with E-state index in [1.165, 1.54) is 12.1 Å². The number of benzene rings is 1. The van der Waals surface area contributed by atoms with Gasteiger partial charge in [0.25, 0.3) is 0 Å². The Morgan fingerprint density at radius 1 is 1.41 bits per heavy atom. The van der Waals surface area contributed by atoms with Crippen LogP contribution in [0.2, 0.25) is 5.02 Å². The minimum Gasteiger partial charge on any atom is -0.349 e. The molecular formula is C12H13ClFN3. The van der Waals surface area contributed by atoms with E-state index >= 15 is 0 Å². The van der Waals surface area contributed by atoms with Crippen LogP contribution in [0.5, 0.6) is 0 Å². The third kappa shape index (κ3) is 3.54. The van der Waals surface area contributed by atoms with E-state index in [0.29, 0.717) is 11.6 Å². The summed E-state index contributed by atoms with van der Waals surface area (Å²) in [6.07, 6.45) is 4.35. The first-order chi connectivity index (χ1) is 8.25. The lowest BCUT2D eigenvalue weighted by Gasteiger charge is -2.06. The fraction of sp³-hybridized carbons (Fsp3) is 0.250. The second kappa shape index (κ2) is 5.80. The Morgan fingerprint density at radius 3 is 3.00 bits per heavy atom. The van der Waals surface area contributed by atoms with Gasteiger partial charge in [-0.05, 0) is 17.7 Å². The summed E-state index contributed by atoms with van der Waals surface area (Å²) in [6, 6.07) is 4.43. The molecule has 0 bridgehead atoms. The summed E-state index contributed by atoms with van der Waals surface area (Å²) in [7, 11) is 0. The quantitative estimate of drug-likeness (QED) is 0.804. The second-order valence-corrected chi connectivity index (χ2v) is 4.11. The number of aromatic amines is 1. The van der Waals surface area contributed by atoms with Gasteiger partial charge in [0.15, 0.2) is 0 Å². The molecule has 0 unspecified atom stereocenters. The van der Waals surface area contributed by atoms with Crippen LogP contribution in [0.3, 0.4) is 0 Å². The zero-order chi connectivity index (χ0) is 12.1. The van der Waals surface area contributed by atoms with E-state index in [1.807, 2.05) is 0 Å². The van der Waals surface area contributed by atoms with Gasteiger partial charge in [-0.3, -0.25) is 0 Å². The van der Waals surface area contributed by atoms with Gasteiger partial charge in [-0.25, -0.2) is 9.37 Å². The molecule has 0 radical (unpaired) electrons. The highest BCUT2D eigenvalue weighted by Crippen LogP contribution is 2.16. The first kappa shape index (κ1) is 12.1. The van der Waals surface area contributed by atoms with Gasteiger partial charge < -0.3 is 10.3 Å². The van der Waals surface area contributed by atoms with Crippen LogP contribution in [-0.2, 0) is 13.0 Å². The summed E-state index contributed by atoms with van der Waals surface area (Å²) >= 11 is 5.91. The molecule has 1 heterocycles. The SMILES string of the molecule is Fc1ccc(CNCCc2ncc[nH]2)c(Cl)c1. The Kier molecular flexibility index (Phi) is 4.12. The van der Waals surface area contributed by atoms with Crippen molar-refractivity contribution in [3.63, 3.8) is 0 Å². The molecule has 3 nitrogen and oxygen atoms in total. The number of H-pyrrole nitrogens is 1. The Balaban J connectivity index is 1.78. The maximum Gasteiger partial charge on any atom is 0.124 e. The van der Waals surface area contributed by atoms with Crippen molar-refractivity contribution < 1.29 is 4.39 Å². The van der Waals surface area contributed by atoms with Crippen molar-refractivity contribution in [3.05, 3.63) is 52.8 Å². The van der Waals surface area contributed by atoms with Crippen molar-refractivity contribution >= 4 is 11.6 Å². The summed E-state index contributed by atoms with van der Waals surface area (Å²) in [5.41, 5.74) is 0.896.